The number of aromatic nitrogens is 2. The summed E-state index contributed by atoms with van der Waals surface area (Å²) in [4.78, 5) is 29.0. The zero-order chi connectivity index (χ0) is 18.2. The Hall–Kier alpha value is -2.95. The summed E-state index contributed by atoms with van der Waals surface area (Å²) < 4.78 is 1.75. The molecule has 25 heavy (non-hydrogen) atoms. The Labute approximate surface area is 146 Å². The third-order valence-electron chi connectivity index (χ3n) is 3.94. The third-order valence-corrected chi connectivity index (χ3v) is 3.94. The molecule has 2 heterocycles. The van der Waals surface area contributed by atoms with Crippen molar-refractivity contribution in [2.45, 2.75) is 27.7 Å². The Balaban J connectivity index is 1.85. The van der Waals surface area contributed by atoms with Crippen LogP contribution in [-0.2, 0) is 0 Å². The summed E-state index contributed by atoms with van der Waals surface area (Å²) in [6.07, 6.45) is 3.46. The van der Waals surface area contributed by atoms with Gasteiger partial charge in [0.1, 0.15) is 11.3 Å². The van der Waals surface area contributed by atoms with Crippen molar-refractivity contribution in [2.24, 2.45) is 5.41 Å². The van der Waals surface area contributed by atoms with Crippen LogP contribution in [0.2, 0.25) is 0 Å². The molecule has 1 amide bonds. The summed E-state index contributed by atoms with van der Waals surface area (Å²) in [5, 5.41) is 2.87. The molecule has 3 rings (SSSR count). The van der Waals surface area contributed by atoms with Gasteiger partial charge in [0.05, 0.1) is 5.69 Å². The van der Waals surface area contributed by atoms with E-state index in [-0.39, 0.29) is 11.7 Å². The van der Waals surface area contributed by atoms with Crippen LogP contribution < -0.4 is 5.32 Å². The molecule has 0 aliphatic heterocycles. The zero-order valence-electron chi connectivity index (χ0n) is 14.8. The highest BCUT2D eigenvalue weighted by molar-refractivity contribution is 6.04. The van der Waals surface area contributed by atoms with Crippen LogP contribution in [0, 0.1) is 12.3 Å². The van der Waals surface area contributed by atoms with Crippen LogP contribution >= 0.6 is 0 Å². The van der Waals surface area contributed by atoms with Crippen molar-refractivity contribution in [3.8, 4) is 0 Å². The van der Waals surface area contributed by atoms with Crippen LogP contribution in [0.3, 0.4) is 0 Å². The SMILES string of the molecule is Cc1ccc(C(=O)Nc2ccc3nc(C(=O)C(C)(C)C)cn3c2)cc1. The number of hydrogen-bond donors (Lipinski definition) is 1. The fourth-order valence-electron chi connectivity index (χ4n) is 2.47. The number of hydrogen-bond acceptors (Lipinski definition) is 3. The van der Waals surface area contributed by atoms with E-state index < -0.39 is 5.41 Å². The minimum Gasteiger partial charge on any atom is -0.321 e. The molecule has 5 nitrogen and oxygen atoms in total. The van der Waals surface area contributed by atoms with Gasteiger partial charge in [-0.15, -0.1) is 0 Å². The van der Waals surface area contributed by atoms with Gasteiger partial charge in [0, 0.05) is 23.4 Å². The lowest BCUT2D eigenvalue weighted by atomic mass is 9.89. The number of nitrogens with zero attached hydrogens (tertiary/aromatic N) is 2. The normalized spacial score (nSPS) is 11.5. The largest absolute Gasteiger partial charge is 0.321 e. The molecule has 5 heteroatoms. The number of benzene rings is 1. The van der Waals surface area contributed by atoms with Gasteiger partial charge >= 0.3 is 0 Å². The summed E-state index contributed by atoms with van der Waals surface area (Å²) in [6, 6.07) is 10.9. The van der Waals surface area contributed by atoms with Gasteiger partial charge in [0.25, 0.3) is 5.91 Å². The first kappa shape index (κ1) is 16.9. The maximum atomic E-state index is 12.4. The first-order chi connectivity index (χ1) is 11.7. The molecule has 0 radical (unpaired) electrons. The third kappa shape index (κ3) is 3.60. The summed E-state index contributed by atoms with van der Waals surface area (Å²) in [5.74, 6) is -0.188. The van der Waals surface area contributed by atoms with Gasteiger partial charge in [-0.25, -0.2) is 4.98 Å². The first-order valence-corrected chi connectivity index (χ1v) is 8.15. The van der Waals surface area contributed by atoms with E-state index in [2.05, 4.69) is 10.3 Å². The Morgan fingerprint density at radius 2 is 1.68 bits per heavy atom. The second kappa shape index (κ2) is 6.16. The fraction of sp³-hybridized carbons (Fsp3) is 0.250. The number of nitrogens with one attached hydrogen (secondary N) is 1. The first-order valence-electron chi connectivity index (χ1n) is 8.15. The van der Waals surface area contributed by atoms with Gasteiger partial charge in [0.15, 0.2) is 5.78 Å². The molecule has 0 bridgehead atoms. The van der Waals surface area contributed by atoms with E-state index >= 15 is 0 Å². The van der Waals surface area contributed by atoms with Gasteiger partial charge < -0.3 is 9.72 Å². The molecule has 0 saturated carbocycles. The molecule has 0 aliphatic carbocycles. The van der Waals surface area contributed by atoms with Crippen LogP contribution in [0.1, 0.15) is 47.2 Å². The van der Waals surface area contributed by atoms with Crippen LogP contribution in [0.15, 0.2) is 48.8 Å². The molecular weight excluding hydrogens is 314 g/mol. The summed E-state index contributed by atoms with van der Waals surface area (Å²) in [6.45, 7) is 7.58. The van der Waals surface area contributed by atoms with Crippen molar-refractivity contribution >= 4 is 23.0 Å². The van der Waals surface area contributed by atoms with Crippen LogP contribution in [0.5, 0.6) is 0 Å². The van der Waals surface area contributed by atoms with E-state index in [4.69, 9.17) is 0 Å². The quantitative estimate of drug-likeness (QED) is 0.732. The molecule has 0 aliphatic rings. The number of fused-ring (bicyclic) bond motifs is 1. The van der Waals surface area contributed by atoms with Gasteiger partial charge in [-0.1, -0.05) is 38.5 Å². The van der Waals surface area contributed by atoms with Crippen LogP contribution in [-0.4, -0.2) is 21.1 Å². The van der Waals surface area contributed by atoms with Crippen LogP contribution in [0.4, 0.5) is 5.69 Å². The van der Waals surface area contributed by atoms with E-state index in [1.807, 2.05) is 39.8 Å². The highest BCUT2D eigenvalue weighted by Gasteiger charge is 2.25. The number of amides is 1. The van der Waals surface area contributed by atoms with E-state index in [0.29, 0.717) is 22.6 Å². The molecule has 3 aromatic rings. The van der Waals surface area contributed by atoms with Crippen LogP contribution in [0.25, 0.3) is 5.65 Å². The second-order valence-electron chi connectivity index (χ2n) is 7.21. The smallest absolute Gasteiger partial charge is 0.255 e. The molecule has 0 atom stereocenters. The number of carbonyl (C=O) groups is 2. The lowest BCUT2D eigenvalue weighted by molar-refractivity contribution is 0.0853. The molecule has 2 aromatic heterocycles. The number of pyridine rings is 1. The zero-order valence-corrected chi connectivity index (χ0v) is 14.8. The standard InChI is InChI=1S/C20H21N3O2/c1-13-5-7-14(8-6-13)19(25)21-15-9-10-17-22-16(12-23(17)11-15)18(24)20(2,3)4/h5-12H,1-4H3,(H,21,25). The molecule has 128 valence electrons. The number of Topliss-reactive ketones (excluding diaryl/α,β-unsaturated/α-hetero) is 1. The highest BCUT2D eigenvalue weighted by atomic mass is 16.1. The molecule has 1 aromatic carbocycles. The fourth-order valence-corrected chi connectivity index (χ4v) is 2.47. The Morgan fingerprint density at radius 3 is 2.32 bits per heavy atom. The maximum Gasteiger partial charge on any atom is 0.255 e. The lowest BCUT2D eigenvalue weighted by Crippen LogP contribution is -2.20. The van der Waals surface area contributed by atoms with Gasteiger partial charge in [0.2, 0.25) is 0 Å². The van der Waals surface area contributed by atoms with Crippen molar-refractivity contribution in [1.82, 2.24) is 9.38 Å². The molecule has 0 saturated heterocycles. The molecule has 0 unspecified atom stereocenters. The summed E-state index contributed by atoms with van der Waals surface area (Å²) in [7, 11) is 0. The number of anilines is 1. The average molecular weight is 335 g/mol. The molecule has 1 N–H and O–H groups in total. The van der Waals surface area contributed by atoms with Crippen molar-refractivity contribution in [1.29, 1.82) is 0 Å². The van der Waals surface area contributed by atoms with Crippen molar-refractivity contribution in [3.05, 3.63) is 65.6 Å². The lowest BCUT2D eigenvalue weighted by Gasteiger charge is -2.13. The van der Waals surface area contributed by atoms with Gasteiger partial charge in [-0.3, -0.25) is 9.59 Å². The second-order valence-corrected chi connectivity index (χ2v) is 7.21. The van der Waals surface area contributed by atoms with E-state index in [0.717, 1.165) is 5.56 Å². The van der Waals surface area contributed by atoms with E-state index in [1.54, 1.807) is 41.1 Å². The number of aryl methyl sites for hydroxylation is 1. The minimum atomic E-state index is -0.486. The van der Waals surface area contributed by atoms with Crippen molar-refractivity contribution < 1.29 is 9.59 Å². The molecule has 0 spiro atoms. The topological polar surface area (TPSA) is 63.5 Å². The average Bonchev–Trinajstić information content (AvgIpc) is 2.96. The summed E-state index contributed by atoms with van der Waals surface area (Å²) >= 11 is 0. The number of imidazole rings is 1. The number of rotatable bonds is 3. The predicted molar refractivity (Wildman–Crippen MR) is 98.1 cm³/mol. The van der Waals surface area contributed by atoms with Gasteiger partial charge in [-0.2, -0.15) is 0 Å². The van der Waals surface area contributed by atoms with Crippen molar-refractivity contribution in [2.75, 3.05) is 5.32 Å². The number of carbonyl (C=O) groups excluding carboxylic acids is 2. The molecule has 0 fully saturated rings. The van der Waals surface area contributed by atoms with E-state index in [1.165, 1.54) is 0 Å². The van der Waals surface area contributed by atoms with Gasteiger partial charge in [-0.05, 0) is 31.2 Å². The minimum absolute atomic E-state index is 0.0126. The Bertz CT molecular complexity index is 947. The van der Waals surface area contributed by atoms with E-state index in [9.17, 15) is 9.59 Å². The number of ketones is 1. The maximum absolute atomic E-state index is 12.4. The highest BCUT2D eigenvalue weighted by Crippen LogP contribution is 2.21. The predicted octanol–water partition coefficient (Wildman–Crippen LogP) is 4.12. The Kier molecular flexibility index (Phi) is 4.17. The van der Waals surface area contributed by atoms with Crippen molar-refractivity contribution in [3.63, 3.8) is 0 Å². The monoisotopic (exact) mass is 335 g/mol. The Morgan fingerprint density at radius 1 is 1.00 bits per heavy atom. The molecular formula is C20H21N3O2. The summed E-state index contributed by atoms with van der Waals surface area (Å²) in [5.41, 5.74) is 2.95.